The SMILES string of the molecule is Cc1nn(CC(C)C)c(C)c1CCC(=O)NC(c1ccccc1)C(C)C(=O)O. The molecular weight excluding hydrogens is 354 g/mol. The van der Waals surface area contributed by atoms with Gasteiger partial charge in [-0.15, -0.1) is 0 Å². The zero-order chi connectivity index (χ0) is 20.8. The first-order chi connectivity index (χ1) is 13.2. The number of carbonyl (C=O) groups excluding carboxylic acids is 1. The fourth-order valence-corrected chi connectivity index (χ4v) is 3.40. The van der Waals surface area contributed by atoms with Crippen molar-refractivity contribution in [3.8, 4) is 0 Å². The Balaban J connectivity index is 2.08. The van der Waals surface area contributed by atoms with E-state index in [9.17, 15) is 14.7 Å². The number of aliphatic carboxylic acids is 1. The summed E-state index contributed by atoms with van der Waals surface area (Å²) in [6, 6.07) is 8.69. The van der Waals surface area contributed by atoms with Crippen LogP contribution in [0.15, 0.2) is 30.3 Å². The fourth-order valence-electron chi connectivity index (χ4n) is 3.40. The summed E-state index contributed by atoms with van der Waals surface area (Å²) in [7, 11) is 0. The molecule has 1 aromatic carbocycles. The molecule has 0 aliphatic carbocycles. The second-order valence-corrected chi connectivity index (χ2v) is 7.81. The van der Waals surface area contributed by atoms with Crippen LogP contribution in [0, 0.1) is 25.7 Å². The van der Waals surface area contributed by atoms with Gasteiger partial charge in [-0.05, 0) is 44.2 Å². The van der Waals surface area contributed by atoms with Crippen molar-refractivity contribution in [2.24, 2.45) is 11.8 Å². The summed E-state index contributed by atoms with van der Waals surface area (Å²) in [5.74, 6) is -1.31. The number of nitrogens with zero attached hydrogens (tertiary/aromatic N) is 2. The minimum atomic E-state index is -0.934. The van der Waals surface area contributed by atoms with Gasteiger partial charge in [-0.25, -0.2) is 0 Å². The van der Waals surface area contributed by atoms with Crippen molar-refractivity contribution < 1.29 is 14.7 Å². The third kappa shape index (κ3) is 5.44. The van der Waals surface area contributed by atoms with E-state index in [0.717, 1.165) is 29.1 Å². The maximum absolute atomic E-state index is 12.6. The van der Waals surface area contributed by atoms with Gasteiger partial charge < -0.3 is 10.4 Å². The minimum absolute atomic E-state index is 0.155. The molecule has 2 N–H and O–H groups in total. The van der Waals surface area contributed by atoms with Crippen molar-refractivity contribution in [2.45, 2.75) is 60.0 Å². The highest BCUT2D eigenvalue weighted by Gasteiger charge is 2.26. The zero-order valence-corrected chi connectivity index (χ0v) is 17.4. The third-order valence-electron chi connectivity index (χ3n) is 5.04. The van der Waals surface area contributed by atoms with Crippen LogP contribution in [0.2, 0.25) is 0 Å². The van der Waals surface area contributed by atoms with E-state index in [4.69, 9.17) is 0 Å². The highest BCUT2D eigenvalue weighted by Crippen LogP contribution is 2.23. The molecule has 0 bridgehead atoms. The number of carboxylic acids is 1. The van der Waals surface area contributed by atoms with Crippen molar-refractivity contribution in [2.75, 3.05) is 0 Å². The van der Waals surface area contributed by atoms with Gasteiger partial charge in [0.05, 0.1) is 17.7 Å². The molecule has 0 aliphatic rings. The summed E-state index contributed by atoms with van der Waals surface area (Å²) in [6.45, 7) is 10.8. The molecule has 0 saturated heterocycles. The predicted octanol–water partition coefficient (Wildman–Crippen LogP) is 3.67. The molecule has 2 atom stereocenters. The molecule has 152 valence electrons. The van der Waals surface area contributed by atoms with E-state index in [1.165, 1.54) is 0 Å². The highest BCUT2D eigenvalue weighted by atomic mass is 16.4. The summed E-state index contributed by atoms with van der Waals surface area (Å²) >= 11 is 0. The maximum Gasteiger partial charge on any atom is 0.308 e. The molecular formula is C22H31N3O3. The largest absolute Gasteiger partial charge is 0.481 e. The molecule has 2 aromatic rings. The van der Waals surface area contributed by atoms with E-state index in [1.807, 2.05) is 48.9 Å². The summed E-state index contributed by atoms with van der Waals surface area (Å²) < 4.78 is 2.01. The Labute approximate surface area is 167 Å². The number of carboxylic acid groups (broad SMARTS) is 1. The van der Waals surface area contributed by atoms with E-state index in [2.05, 4.69) is 24.3 Å². The van der Waals surface area contributed by atoms with E-state index in [0.29, 0.717) is 18.8 Å². The molecule has 6 heteroatoms. The second kappa shape index (κ2) is 9.53. The summed E-state index contributed by atoms with van der Waals surface area (Å²) in [6.07, 6.45) is 0.884. The molecule has 0 radical (unpaired) electrons. The molecule has 0 saturated carbocycles. The van der Waals surface area contributed by atoms with Crippen molar-refractivity contribution in [3.05, 3.63) is 52.8 Å². The molecule has 0 spiro atoms. The Morgan fingerprint density at radius 2 is 1.79 bits per heavy atom. The molecule has 0 aliphatic heterocycles. The average Bonchev–Trinajstić information content (AvgIpc) is 2.90. The lowest BCUT2D eigenvalue weighted by molar-refractivity contribution is -0.142. The van der Waals surface area contributed by atoms with Gasteiger partial charge in [0.25, 0.3) is 0 Å². The molecule has 1 amide bonds. The second-order valence-electron chi connectivity index (χ2n) is 7.81. The standard InChI is InChI=1S/C22H31N3O3/c1-14(2)13-25-17(5)19(16(4)24-25)11-12-20(26)23-21(15(3)22(27)28)18-9-7-6-8-10-18/h6-10,14-15,21H,11-13H2,1-5H3,(H,23,26)(H,27,28). The van der Waals surface area contributed by atoms with Crippen molar-refractivity contribution in [3.63, 3.8) is 0 Å². The maximum atomic E-state index is 12.6. The quantitative estimate of drug-likeness (QED) is 0.690. The van der Waals surface area contributed by atoms with E-state index >= 15 is 0 Å². The van der Waals surface area contributed by atoms with Gasteiger partial charge >= 0.3 is 5.97 Å². The van der Waals surface area contributed by atoms with Crippen LogP contribution in [0.3, 0.4) is 0 Å². The Bertz CT molecular complexity index is 812. The fraction of sp³-hybridized carbons (Fsp3) is 0.500. The first kappa shape index (κ1) is 21.7. The average molecular weight is 386 g/mol. The van der Waals surface area contributed by atoms with Crippen LogP contribution < -0.4 is 5.32 Å². The van der Waals surface area contributed by atoms with Gasteiger partial charge in [-0.1, -0.05) is 44.2 Å². The monoisotopic (exact) mass is 385 g/mol. The Morgan fingerprint density at radius 3 is 2.36 bits per heavy atom. The van der Waals surface area contributed by atoms with Gasteiger partial charge in [-0.3, -0.25) is 14.3 Å². The summed E-state index contributed by atoms with van der Waals surface area (Å²) in [4.78, 5) is 24.1. The van der Waals surface area contributed by atoms with Crippen LogP contribution in [-0.4, -0.2) is 26.8 Å². The van der Waals surface area contributed by atoms with Gasteiger partial charge in [0, 0.05) is 18.7 Å². The van der Waals surface area contributed by atoms with Gasteiger partial charge in [0.1, 0.15) is 0 Å². The third-order valence-corrected chi connectivity index (χ3v) is 5.04. The van der Waals surface area contributed by atoms with E-state index < -0.39 is 17.9 Å². The van der Waals surface area contributed by atoms with Crippen LogP contribution in [-0.2, 0) is 22.6 Å². The summed E-state index contributed by atoms with van der Waals surface area (Å²) in [5, 5.41) is 16.9. The zero-order valence-electron chi connectivity index (χ0n) is 17.4. The van der Waals surface area contributed by atoms with Crippen molar-refractivity contribution in [1.29, 1.82) is 0 Å². The number of benzene rings is 1. The van der Waals surface area contributed by atoms with Gasteiger partial charge in [-0.2, -0.15) is 5.10 Å². The molecule has 1 aromatic heterocycles. The number of hydrogen-bond donors (Lipinski definition) is 2. The van der Waals surface area contributed by atoms with Gasteiger partial charge in [0.15, 0.2) is 0 Å². The van der Waals surface area contributed by atoms with Gasteiger partial charge in [0.2, 0.25) is 5.91 Å². The summed E-state index contributed by atoms with van der Waals surface area (Å²) in [5.41, 5.74) is 3.93. The number of amides is 1. The number of aromatic nitrogens is 2. The molecule has 1 heterocycles. The van der Waals surface area contributed by atoms with Crippen molar-refractivity contribution >= 4 is 11.9 Å². The number of carbonyl (C=O) groups is 2. The lowest BCUT2D eigenvalue weighted by atomic mass is 9.94. The number of hydrogen-bond acceptors (Lipinski definition) is 3. The molecule has 2 unspecified atom stereocenters. The van der Waals surface area contributed by atoms with Crippen molar-refractivity contribution in [1.82, 2.24) is 15.1 Å². The molecule has 28 heavy (non-hydrogen) atoms. The lowest BCUT2D eigenvalue weighted by Crippen LogP contribution is -2.35. The van der Waals surface area contributed by atoms with E-state index in [-0.39, 0.29) is 5.91 Å². The number of nitrogens with one attached hydrogen (secondary N) is 1. The van der Waals surface area contributed by atoms with Crippen LogP contribution in [0.1, 0.15) is 55.7 Å². The van der Waals surface area contributed by atoms with Crippen LogP contribution in [0.25, 0.3) is 0 Å². The number of rotatable bonds is 9. The molecule has 6 nitrogen and oxygen atoms in total. The Hall–Kier alpha value is -2.63. The Kier molecular flexibility index (Phi) is 7.38. The van der Waals surface area contributed by atoms with Crippen LogP contribution >= 0.6 is 0 Å². The van der Waals surface area contributed by atoms with Crippen LogP contribution in [0.4, 0.5) is 0 Å². The lowest BCUT2D eigenvalue weighted by Gasteiger charge is -2.23. The highest BCUT2D eigenvalue weighted by molar-refractivity contribution is 5.78. The Morgan fingerprint density at radius 1 is 1.14 bits per heavy atom. The normalized spacial score (nSPS) is 13.4. The molecule has 2 rings (SSSR count). The topological polar surface area (TPSA) is 84.2 Å². The minimum Gasteiger partial charge on any atom is -0.481 e. The molecule has 0 fully saturated rings. The van der Waals surface area contributed by atoms with Crippen LogP contribution in [0.5, 0.6) is 0 Å². The first-order valence-electron chi connectivity index (χ1n) is 9.80. The predicted molar refractivity (Wildman–Crippen MR) is 109 cm³/mol. The smallest absolute Gasteiger partial charge is 0.308 e. The number of aryl methyl sites for hydroxylation is 1. The first-order valence-corrected chi connectivity index (χ1v) is 9.80. The van der Waals surface area contributed by atoms with E-state index in [1.54, 1.807) is 6.92 Å².